The highest BCUT2D eigenvalue weighted by molar-refractivity contribution is 5.14. The molecule has 1 aromatic carbocycles. The van der Waals surface area contributed by atoms with Gasteiger partial charge in [0.1, 0.15) is 0 Å². The van der Waals surface area contributed by atoms with E-state index in [-0.39, 0.29) is 5.60 Å². The van der Waals surface area contributed by atoms with E-state index in [1.54, 1.807) is 0 Å². The first-order valence-electron chi connectivity index (χ1n) is 6.36. The molecule has 0 aliphatic carbocycles. The van der Waals surface area contributed by atoms with Gasteiger partial charge in [-0.25, -0.2) is 0 Å². The van der Waals surface area contributed by atoms with Gasteiger partial charge in [0.15, 0.2) is 0 Å². The standard InChI is InChI=1S/C15H25NO/c1-15(2,3)17-12-14(16-4)11-10-13-8-6-5-7-9-13/h5-9,14,16H,10-12H2,1-4H3. The van der Waals surface area contributed by atoms with E-state index in [2.05, 4.69) is 56.4 Å². The molecule has 1 unspecified atom stereocenters. The lowest BCUT2D eigenvalue weighted by molar-refractivity contribution is -0.0144. The number of nitrogens with one attached hydrogen (secondary N) is 1. The van der Waals surface area contributed by atoms with Crippen LogP contribution in [-0.4, -0.2) is 25.3 Å². The van der Waals surface area contributed by atoms with Crippen LogP contribution in [0.3, 0.4) is 0 Å². The molecule has 1 rings (SSSR count). The average Bonchev–Trinajstić information content (AvgIpc) is 2.29. The molecule has 0 saturated heterocycles. The maximum absolute atomic E-state index is 5.81. The molecule has 0 aliphatic heterocycles. The normalized spacial score (nSPS) is 13.6. The van der Waals surface area contributed by atoms with Crippen LogP contribution < -0.4 is 5.32 Å². The fourth-order valence-corrected chi connectivity index (χ4v) is 1.65. The fraction of sp³-hybridized carbons (Fsp3) is 0.600. The number of ether oxygens (including phenoxy) is 1. The lowest BCUT2D eigenvalue weighted by Crippen LogP contribution is -2.34. The molecule has 17 heavy (non-hydrogen) atoms. The van der Waals surface area contributed by atoms with Crippen molar-refractivity contribution in [2.75, 3.05) is 13.7 Å². The number of hydrogen-bond donors (Lipinski definition) is 1. The third kappa shape index (κ3) is 6.44. The largest absolute Gasteiger partial charge is 0.374 e. The molecule has 0 amide bonds. The van der Waals surface area contributed by atoms with Crippen LogP contribution in [0.15, 0.2) is 30.3 Å². The van der Waals surface area contributed by atoms with Gasteiger partial charge in [-0.15, -0.1) is 0 Å². The predicted molar refractivity (Wildman–Crippen MR) is 73.3 cm³/mol. The van der Waals surface area contributed by atoms with Gasteiger partial charge in [-0.2, -0.15) is 0 Å². The molecule has 96 valence electrons. The van der Waals surface area contributed by atoms with Crippen molar-refractivity contribution in [2.24, 2.45) is 0 Å². The smallest absolute Gasteiger partial charge is 0.0626 e. The van der Waals surface area contributed by atoms with E-state index in [4.69, 9.17) is 4.74 Å². The monoisotopic (exact) mass is 235 g/mol. The molecule has 0 bridgehead atoms. The van der Waals surface area contributed by atoms with Crippen LogP contribution in [0.4, 0.5) is 0 Å². The first kappa shape index (κ1) is 14.2. The van der Waals surface area contributed by atoms with Gasteiger partial charge in [0.2, 0.25) is 0 Å². The third-order valence-corrected chi connectivity index (χ3v) is 2.75. The Morgan fingerprint density at radius 2 is 1.82 bits per heavy atom. The van der Waals surface area contributed by atoms with E-state index in [0.717, 1.165) is 19.4 Å². The first-order chi connectivity index (χ1) is 8.01. The molecule has 0 aromatic heterocycles. The molecule has 0 radical (unpaired) electrons. The Morgan fingerprint density at radius 1 is 1.18 bits per heavy atom. The minimum absolute atomic E-state index is 0.0537. The maximum Gasteiger partial charge on any atom is 0.0626 e. The van der Waals surface area contributed by atoms with E-state index >= 15 is 0 Å². The van der Waals surface area contributed by atoms with Crippen LogP contribution in [0, 0.1) is 0 Å². The van der Waals surface area contributed by atoms with Crippen LogP contribution in [0.2, 0.25) is 0 Å². The maximum atomic E-state index is 5.81. The topological polar surface area (TPSA) is 21.3 Å². The second-order valence-corrected chi connectivity index (χ2v) is 5.43. The molecule has 1 atom stereocenters. The van der Waals surface area contributed by atoms with Crippen molar-refractivity contribution in [3.63, 3.8) is 0 Å². The number of benzene rings is 1. The fourth-order valence-electron chi connectivity index (χ4n) is 1.65. The van der Waals surface area contributed by atoms with Gasteiger partial charge >= 0.3 is 0 Å². The number of likely N-dealkylation sites (N-methyl/N-ethyl adjacent to an activating group) is 1. The predicted octanol–water partition coefficient (Wildman–Crippen LogP) is 3.02. The van der Waals surface area contributed by atoms with Gasteiger partial charge in [-0.1, -0.05) is 30.3 Å². The molecule has 2 nitrogen and oxygen atoms in total. The van der Waals surface area contributed by atoms with Crippen molar-refractivity contribution in [2.45, 2.75) is 45.3 Å². The molecule has 0 spiro atoms. The number of aryl methyl sites for hydroxylation is 1. The average molecular weight is 235 g/mol. The van der Waals surface area contributed by atoms with Gasteiger partial charge in [-0.05, 0) is 46.2 Å². The summed E-state index contributed by atoms with van der Waals surface area (Å²) in [6.07, 6.45) is 2.20. The first-order valence-corrected chi connectivity index (χ1v) is 6.36. The Bertz CT molecular complexity index is 302. The van der Waals surface area contributed by atoms with Crippen molar-refractivity contribution in [3.8, 4) is 0 Å². The zero-order chi connectivity index (χ0) is 12.7. The zero-order valence-electron chi connectivity index (χ0n) is 11.5. The van der Waals surface area contributed by atoms with E-state index < -0.39 is 0 Å². The summed E-state index contributed by atoms with van der Waals surface area (Å²) in [4.78, 5) is 0. The summed E-state index contributed by atoms with van der Waals surface area (Å²) in [5.74, 6) is 0. The summed E-state index contributed by atoms with van der Waals surface area (Å²) in [5.41, 5.74) is 1.34. The summed E-state index contributed by atoms with van der Waals surface area (Å²) >= 11 is 0. The SMILES string of the molecule is CNC(CCc1ccccc1)COC(C)(C)C. The Kier molecular flexibility index (Phi) is 5.66. The lowest BCUT2D eigenvalue weighted by atomic mass is 10.1. The van der Waals surface area contributed by atoms with Crippen LogP contribution >= 0.6 is 0 Å². The Morgan fingerprint density at radius 3 is 2.35 bits per heavy atom. The summed E-state index contributed by atoms with van der Waals surface area (Å²) < 4.78 is 5.81. The molecule has 0 heterocycles. The number of hydrogen-bond acceptors (Lipinski definition) is 2. The minimum atomic E-state index is -0.0537. The summed E-state index contributed by atoms with van der Waals surface area (Å²) in [5, 5.41) is 3.32. The van der Waals surface area contributed by atoms with E-state index in [1.165, 1.54) is 5.56 Å². The summed E-state index contributed by atoms with van der Waals surface area (Å²) in [6.45, 7) is 7.05. The molecule has 0 saturated carbocycles. The Balaban J connectivity index is 2.33. The molecule has 2 heteroatoms. The summed E-state index contributed by atoms with van der Waals surface area (Å²) in [6, 6.07) is 11.0. The van der Waals surface area contributed by atoms with Gasteiger partial charge < -0.3 is 10.1 Å². The molecule has 0 fully saturated rings. The minimum Gasteiger partial charge on any atom is -0.374 e. The number of rotatable bonds is 6. The van der Waals surface area contributed by atoms with Crippen molar-refractivity contribution in [1.82, 2.24) is 5.32 Å². The van der Waals surface area contributed by atoms with Crippen molar-refractivity contribution < 1.29 is 4.74 Å². The highest BCUT2D eigenvalue weighted by Crippen LogP contribution is 2.10. The van der Waals surface area contributed by atoms with Gasteiger partial charge in [0, 0.05) is 6.04 Å². The van der Waals surface area contributed by atoms with E-state index in [0.29, 0.717) is 6.04 Å². The second kappa shape index (κ2) is 6.77. The summed E-state index contributed by atoms with van der Waals surface area (Å²) in [7, 11) is 2.00. The van der Waals surface area contributed by atoms with Crippen molar-refractivity contribution >= 4 is 0 Å². The highest BCUT2D eigenvalue weighted by Gasteiger charge is 2.14. The molecular weight excluding hydrogens is 210 g/mol. The molecule has 1 aromatic rings. The van der Waals surface area contributed by atoms with Crippen LogP contribution in [0.5, 0.6) is 0 Å². The Hall–Kier alpha value is -0.860. The van der Waals surface area contributed by atoms with Crippen molar-refractivity contribution in [3.05, 3.63) is 35.9 Å². The van der Waals surface area contributed by atoms with Crippen LogP contribution in [-0.2, 0) is 11.2 Å². The van der Waals surface area contributed by atoms with Crippen LogP contribution in [0.25, 0.3) is 0 Å². The van der Waals surface area contributed by atoms with Gasteiger partial charge in [-0.3, -0.25) is 0 Å². The van der Waals surface area contributed by atoms with Gasteiger partial charge in [0.25, 0.3) is 0 Å². The highest BCUT2D eigenvalue weighted by atomic mass is 16.5. The molecule has 0 aliphatic rings. The zero-order valence-corrected chi connectivity index (χ0v) is 11.5. The lowest BCUT2D eigenvalue weighted by Gasteiger charge is -2.24. The molecule has 1 N–H and O–H groups in total. The quantitative estimate of drug-likeness (QED) is 0.818. The van der Waals surface area contributed by atoms with E-state index in [9.17, 15) is 0 Å². The third-order valence-electron chi connectivity index (χ3n) is 2.75. The van der Waals surface area contributed by atoms with E-state index in [1.807, 2.05) is 7.05 Å². The van der Waals surface area contributed by atoms with Crippen molar-refractivity contribution in [1.29, 1.82) is 0 Å². The Labute approximate surface area is 105 Å². The second-order valence-electron chi connectivity index (χ2n) is 5.43. The molecular formula is C15H25NO. The van der Waals surface area contributed by atoms with Gasteiger partial charge in [0.05, 0.1) is 12.2 Å². The van der Waals surface area contributed by atoms with Crippen LogP contribution in [0.1, 0.15) is 32.8 Å².